The molecule has 0 aromatic carbocycles. The average molecular weight is 1290 g/mol. The van der Waals surface area contributed by atoms with Crippen molar-refractivity contribution in [1.29, 1.82) is 5.41 Å². The number of amides is 3. The van der Waals surface area contributed by atoms with Crippen molar-refractivity contribution in [3.05, 3.63) is 32.9 Å². The zero-order chi connectivity index (χ0) is 60.4. The second-order valence-corrected chi connectivity index (χ2v) is 24.2. The van der Waals surface area contributed by atoms with Crippen LogP contribution in [-0.2, 0) is 83.5 Å². The molecule has 82 heavy (non-hydrogen) atoms. The number of thioether (sulfide) groups is 3. The Bertz CT molecular complexity index is 2710. The number of H-pyrrole nitrogens is 1. The number of hydrogen-bond donors (Lipinski definition) is 4. The van der Waals surface area contributed by atoms with Crippen LogP contribution in [0.25, 0.3) is 0 Å². The number of carbonyl (C=O) groups is 5. The van der Waals surface area contributed by atoms with Crippen molar-refractivity contribution < 1.29 is 122 Å². The third-order valence-electron chi connectivity index (χ3n) is 9.37. The van der Waals surface area contributed by atoms with Gasteiger partial charge in [0, 0.05) is 30.8 Å². The molecule has 1 unspecified atom stereocenters. The molecule has 3 amide bonds. The van der Waals surface area contributed by atoms with Gasteiger partial charge in [-0.05, 0) is 107 Å². The van der Waals surface area contributed by atoms with Crippen molar-refractivity contribution >= 4 is 91.0 Å². The van der Waals surface area contributed by atoms with Crippen LogP contribution in [0.15, 0.2) is 15.1 Å². The smallest absolute Gasteiger partial charge is 1.00 e. The molecular weight excluding hydrogens is 1210 g/mol. The van der Waals surface area contributed by atoms with Gasteiger partial charge in [0.25, 0.3) is 5.56 Å². The third-order valence-corrected chi connectivity index (χ3v) is 12.5. The van der Waals surface area contributed by atoms with Gasteiger partial charge in [0.15, 0.2) is 21.3 Å². The van der Waals surface area contributed by atoms with Crippen LogP contribution in [0.3, 0.4) is 0 Å². The number of aromatic nitrogens is 4. The topological polar surface area (TPSA) is 370 Å². The standard InChI is InChI=1S/C14H18F3N3O5S2.C13H19N3O3S.C13H21NO5.C2H6N2S.CH4O5S.3CH4.Na.H/c1-13(2,3)24-12(21)20-6-5-8-9(7-20)18-11(26-4)19-10(8)25-27(22,23)14(15,16)17;1-13(2,3)19-12(18)16-6-5-8-9(7-16)14-11(20-4)15-10(8)17;1-5-18-11(16)9-6-7-14(8-10(9)15)12(17)19-13(2,3)4;1-5-2(3)4;1-5-7(3,4)6-2;;;;;/h5-7H2,1-4H3;5-7H2,1-4H3,(H,14,15,17);9H,5-8H2,1-4H3;1H3,(H3,3,4);2H,1H3;3*1H4;;/q;;;;;;;;+1;-1. The molecular formula is C46H81F3N9NaO18S5. The number of nitrogens with zero attached hydrogens (tertiary/aromatic N) is 6. The molecule has 0 saturated carbocycles. The number of Topliss-reactive ketones (excluding diaryl/α,β-unsaturated/α-hetero) is 1. The Kier molecular flexibility index (Phi) is 37.6. The first-order chi connectivity index (χ1) is 35.7. The van der Waals surface area contributed by atoms with Crippen molar-refractivity contribution in [3.8, 4) is 5.88 Å². The number of nitrogens with one attached hydrogen (secondary N) is 2. The van der Waals surface area contributed by atoms with E-state index in [0.717, 1.165) is 18.9 Å². The van der Waals surface area contributed by atoms with E-state index in [2.05, 4.69) is 32.6 Å². The SMILES string of the molecule is C.C.C.CCOC(=O)C1CCN(C(=O)OC(C)(C)C)CC1=O.COS(=O)(=O)OO.CSC(=N)N.CSc1nc2c(c(=O)[nH]1)CCN(C(=O)OC(C)(C)C)C2.CSc1nc2c(c(OS(=O)(=O)C(F)(F)F)n1)CCN(C(=O)OC(C)(C)C)C2.[H-].[Na+]. The number of alkyl halides is 3. The number of halogens is 3. The van der Waals surface area contributed by atoms with Crippen LogP contribution in [0.5, 0.6) is 5.88 Å². The molecule has 2 aromatic rings. The van der Waals surface area contributed by atoms with Crippen LogP contribution in [0.2, 0.25) is 0 Å². The summed E-state index contributed by atoms with van der Waals surface area (Å²) in [7, 11) is -9.10. The maximum atomic E-state index is 12.6. The largest absolute Gasteiger partial charge is 1.00 e. The summed E-state index contributed by atoms with van der Waals surface area (Å²) in [5.41, 5.74) is -1.05. The number of ketones is 1. The van der Waals surface area contributed by atoms with Gasteiger partial charge in [0.1, 0.15) is 22.7 Å². The third kappa shape index (κ3) is 30.0. The van der Waals surface area contributed by atoms with Crippen molar-refractivity contribution in [1.82, 2.24) is 34.6 Å². The molecule has 0 aliphatic carbocycles. The fraction of sp³-hybridized carbons (Fsp3) is 0.696. The summed E-state index contributed by atoms with van der Waals surface area (Å²) >= 11 is 3.61. The molecule has 27 nitrogen and oxygen atoms in total. The van der Waals surface area contributed by atoms with Gasteiger partial charge in [-0.1, -0.05) is 61.9 Å². The van der Waals surface area contributed by atoms with Crippen molar-refractivity contribution in [2.75, 3.05) is 58.7 Å². The molecule has 5 heterocycles. The van der Waals surface area contributed by atoms with Gasteiger partial charge in [0.05, 0.1) is 44.7 Å². The average Bonchev–Trinajstić information content (AvgIpc) is 3.32. The number of carbonyl (C=O) groups excluding carboxylic acids is 5. The number of likely N-dealkylation sites (tertiary alicyclic amines) is 1. The summed E-state index contributed by atoms with van der Waals surface area (Å²) in [4.78, 5) is 90.6. The Hall–Kier alpha value is -4.20. The zero-order valence-electron chi connectivity index (χ0n) is 47.5. The Morgan fingerprint density at radius 1 is 0.756 bits per heavy atom. The quantitative estimate of drug-likeness (QED) is 0.0229. The van der Waals surface area contributed by atoms with E-state index in [1.165, 1.54) is 33.3 Å². The molecule has 0 radical (unpaired) electrons. The molecule has 470 valence electrons. The predicted octanol–water partition coefficient (Wildman–Crippen LogP) is 4.52. The van der Waals surface area contributed by atoms with E-state index in [1.54, 1.807) is 65.9 Å². The second-order valence-electron chi connectivity index (χ2n) is 18.9. The summed E-state index contributed by atoms with van der Waals surface area (Å²) in [5, 5.41) is 14.6. The Morgan fingerprint density at radius 2 is 1.18 bits per heavy atom. The molecule has 0 spiro atoms. The number of rotatable bonds is 8. The van der Waals surface area contributed by atoms with Crippen LogP contribution in [-0.4, -0.2) is 173 Å². The van der Waals surface area contributed by atoms with Gasteiger partial charge in [-0.2, -0.15) is 35.0 Å². The molecule has 3 aliphatic rings. The van der Waals surface area contributed by atoms with E-state index >= 15 is 0 Å². The predicted molar refractivity (Wildman–Crippen MR) is 301 cm³/mol. The molecule has 1 fully saturated rings. The first-order valence-corrected chi connectivity index (χ1v) is 29.3. The maximum absolute atomic E-state index is 12.6. The van der Waals surface area contributed by atoms with Gasteiger partial charge in [0.2, 0.25) is 5.88 Å². The number of amidine groups is 1. The van der Waals surface area contributed by atoms with E-state index < -0.39 is 72.8 Å². The number of piperidine rings is 1. The Labute approximate surface area is 515 Å². The summed E-state index contributed by atoms with van der Waals surface area (Å²) < 4.78 is 111. The van der Waals surface area contributed by atoms with Gasteiger partial charge in [-0.3, -0.25) is 19.8 Å². The molecule has 5 rings (SSSR count). The monoisotopic (exact) mass is 1290 g/mol. The zero-order valence-corrected chi connectivity index (χ0v) is 52.6. The normalized spacial score (nSPS) is 14.8. The van der Waals surface area contributed by atoms with E-state index in [9.17, 15) is 58.8 Å². The van der Waals surface area contributed by atoms with E-state index in [-0.39, 0.29) is 131 Å². The van der Waals surface area contributed by atoms with Gasteiger partial charge < -0.3 is 50.0 Å². The van der Waals surface area contributed by atoms with Crippen LogP contribution in [0.4, 0.5) is 27.6 Å². The van der Waals surface area contributed by atoms with Crippen molar-refractivity contribution in [2.45, 2.75) is 156 Å². The van der Waals surface area contributed by atoms with E-state index in [0.29, 0.717) is 42.5 Å². The number of fused-ring (bicyclic) bond motifs is 2. The van der Waals surface area contributed by atoms with Crippen LogP contribution in [0.1, 0.15) is 122 Å². The van der Waals surface area contributed by atoms with E-state index in [4.69, 9.17) is 35.3 Å². The van der Waals surface area contributed by atoms with Crippen LogP contribution in [0, 0.1) is 11.3 Å². The number of nitrogens with two attached hydrogens (primary N) is 1. The fourth-order valence-corrected chi connectivity index (χ4v) is 7.26. The number of ether oxygens (including phenoxy) is 4. The molecule has 36 heteroatoms. The van der Waals surface area contributed by atoms with Gasteiger partial charge in [-0.25, -0.2) is 33.8 Å². The summed E-state index contributed by atoms with van der Waals surface area (Å²) in [6, 6.07) is 0. The maximum Gasteiger partial charge on any atom is 1.00 e. The number of aromatic amines is 1. The second kappa shape index (κ2) is 36.6. The molecule has 1 saturated heterocycles. The minimum absolute atomic E-state index is 0. The van der Waals surface area contributed by atoms with Gasteiger partial charge in [-0.15, -0.1) is 0 Å². The molecule has 5 N–H and O–H groups in total. The first kappa shape index (κ1) is 84.3. The Balaban J connectivity index is -0.000000328. The summed E-state index contributed by atoms with van der Waals surface area (Å²) in [6.07, 6.45) is 4.50. The van der Waals surface area contributed by atoms with Crippen LogP contribution < -0.4 is 45.0 Å². The van der Waals surface area contributed by atoms with Gasteiger partial charge >= 0.3 is 79.8 Å². The molecule has 1 atom stereocenters. The number of hydrogen-bond acceptors (Lipinski definition) is 25. The van der Waals surface area contributed by atoms with Crippen molar-refractivity contribution in [2.24, 2.45) is 11.7 Å². The minimum Gasteiger partial charge on any atom is -1.00 e. The fourth-order valence-electron chi connectivity index (χ4n) is 5.99. The van der Waals surface area contributed by atoms with E-state index in [1.807, 2.05) is 27.0 Å². The van der Waals surface area contributed by atoms with Crippen LogP contribution >= 0.6 is 35.3 Å². The first-order valence-electron chi connectivity index (χ1n) is 22.9. The minimum atomic E-state index is -5.87. The summed E-state index contributed by atoms with van der Waals surface area (Å²) in [6.45, 7) is 18.9. The van der Waals surface area contributed by atoms with Crippen molar-refractivity contribution in [3.63, 3.8) is 0 Å². The molecule has 0 bridgehead atoms. The Morgan fingerprint density at radius 3 is 1.52 bits per heavy atom. The summed E-state index contributed by atoms with van der Waals surface area (Å²) in [5.74, 6) is -2.23. The molecule has 3 aliphatic heterocycles. The molecule has 2 aromatic heterocycles. The number of esters is 1.